The second kappa shape index (κ2) is 8.44. The topological polar surface area (TPSA) is 59.9 Å². The normalized spacial score (nSPS) is 11.1. The van der Waals surface area contributed by atoms with Gasteiger partial charge >= 0.3 is 0 Å². The summed E-state index contributed by atoms with van der Waals surface area (Å²) in [5.41, 5.74) is 2.61. The van der Waals surface area contributed by atoms with E-state index in [4.69, 9.17) is 0 Å². The molecule has 1 aromatic carbocycles. The second-order valence-electron chi connectivity index (χ2n) is 5.49. The molecule has 0 spiro atoms. The van der Waals surface area contributed by atoms with Crippen molar-refractivity contribution in [3.05, 3.63) is 108 Å². The maximum absolute atomic E-state index is 12.0. The number of benzene rings is 1. The van der Waals surface area contributed by atoms with Gasteiger partial charge in [-0.1, -0.05) is 48.6 Å². The van der Waals surface area contributed by atoms with Crippen molar-refractivity contribution >= 4 is 23.7 Å². The van der Waals surface area contributed by atoms with Crippen molar-refractivity contribution < 1.29 is 9.59 Å². The molecule has 2 aromatic heterocycles. The molecule has 0 saturated heterocycles. The molecule has 0 atom stereocenters. The number of rotatable bonds is 6. The van der Waals surface area contributed by atoms with Gasteiger partial charge in [0.2, 0.25) is 11.6 Å². The first kappa shape index (κ1) is 17.2. The minimum atomic E-state index is -0.143. The maximum Gasteiger partial charge on any atom is 0.204 e. The Morgan fingerprint density at radius 3 is 1.38 bits per heavy atom. The largest absolute Gasteiger partial charge is 0.288 e. The Bertz CT molecular complexity index is 864. The SMILES string of the molecule is O=C(/C=C\c1ccc(/C=C\C(=O)c2ccccn2)cc1)c1ccccn1. The van der Waals surface area contributed by atoms with Crippen LogP contribution in [0.1, 0.15) is 32.1 Å². The van der Waals surface area contributed by atoms with Crippen molar-refractivity contribution in [1.82, 2.24) is 9.97 Å². The highest BCUT2D eigenvalue weighted by Gasteiger charge is 2.02. The van der Waals surface area contributed by atoms with Crippen molar-refractivity contribution in [2.24, 2.45) is 0 Å². The van der Waals surface area contributed by atoms with Crippen LogP contribution in [-0.2, 0) is 0 Å². The molecule has 126 valence electrons. The summed E-state index contributed by atoms with van der Waals surface area (Å²) in [6.45, 7) is 0. The fourth-order valence-corrected chi connectivity index (χ4v) is 2.25. The monoisotopic (exact) mass is 340 g/mol. The third-order valence-electron chi connectivity index (χ3n) is 3.63. The first-order valence-corrected chi connectivity index (χ1v) is 8.09. The van der Waals surface area contributed by atoms with E-state index in [1.165, 1.54) is 12.2 Å². The minimum Gasteiger partial charge on any atom is -0.288 e. The number of hydrogen-bond donors (Lipinski definition) is 0. The zero-order valence-electron chi connectivity index (χ0n) is 13.9. The minimum absolute atomic E-state index is 0.143. The van der Waals surface area contributed by atoms with Crippen LogP contribution < -0.4 is 0 Å². The van der Waals surface area contributed by atoms with Gasteiger partial charge in [0.1, 0.15) is 11.4 Å². The smallest absolute Gasteiger partial charge is 0.204 e. The van der Waals surface area contributed by atoms with Gasteiger partial charge < -0.3 is 0 Å². The summed E-state index contributed by atoms with van der Waals surface area (Å²) in [6.07, 6.45) is 9.66. The molecule has 0 amide bonds. The van der Waals surface area contributed by atoms with Crippen molar-refractivity contribution in [3.8, 4) is 0 Å². The zero-order chi connectivity index (χ0) is 18.2. The fourth-order valence-electron chi connectivity index (χ4n) is 2.25. The molecular formula is C22H16N2O2. The first-order valence-electron chi connectivity index (χ1n) is 8.09. The van der Waals surface area contributed by atoms with Crippen LogP contribution in [0.15, 0.2) is 85.2 Å². The molecule has 3 rings (SSSR count). The highest BCUT2D eigenvalue weighted by molar-refractivity contribution is 6.06. The van der Waals surface area contributed by atoms with Crippen molar-refractivity contribution in [2.45, 2.75) is 0 Å². The summed E-state index contributed by atoms with van der Waals surface area (Å²) in [7, 11) is 0. The number of carbonyl (C=O) groups excluding carboxylic acids is 2. The highest BCUT2D eigenvalue weighted by atomic mass is 16.1. The lowest BCUT2D eigenvalue weighted by molar-refractivity contribution is 0.103. The number of hydrogen-bond acceptors (Lipinski definition) is 4. The first-order chi connectivity index (χ1) is 12.7. The van der Waals surface area contributed by atoms with Gasteiger partial charge in [0, 0.05) is 12.4 Å². The van der Waals surface area contributed by atoms with E-state index >= 15 is 0 Å². The standard InChI is InChI=1S/C22H16N2O2/c25-21(19-5-1-3-15-23-19)13-11-17-7-9-18(10-8-17)12-14-22(26)20-6-2-4-16-24-20/h1-16H/b13-11-,14-12-. The third-order valence-corrected chi connectivity index (χ3v) is 3.63. The molecule has 0 N–H and O–H groups in total. The Morgan fingerprint density at radius 2 is 1.04 bits per heavy atom. The maximum atomic E-state index is 12.0. The predicted molar refractivity (Wildman–Crippen MR) is 102 cm³/mol. The quantitative estimate of drug-likeness (QED) is 0.497. The fraction of sp³-hybridized carbons (Fsp3) is 0. The van der Waals surface area contributed by atoms with E-state index in [0.717, 1.165) is 11.1 Å². The van der Waals surface area contributed by atoms with Crippen molar-refractivity contribution in [3.63, 3.8) is 0 Å². The Hall–Kier alpha value is -3.66. The van der Waals surface area contributed by atoms with Crippen LogP contribution in [0.5, 0.6) is 0 Å². The van der Waals surface area contributed by atoms with Crippen LogP contribution in [-0.4, -0.2) is 21.5 Å². The molecule has 0 bridgehead atoms. The zero-order valence-corrected chi connectivity index (χ0v) is 13.9. The molecule has 3 aromatic rings. The van der Waals surface area contributed by atoms with Crippen LogP contribution in [0.25, 0.3) is 12.2 Å². The van der Waals surface area contributed by atoms with E-state index in [0.29, 0.717) is 11.4 Å². The lowest BCUT2D eigenvalue weighted by Crippen LogP contribution is -1.96. The summed E-state index contributed by atoms with van der Waals surface area (Å²) >= 11 is 0. The average molecular weight is 340 g/mol. The number of pyridine rings is 2. The van der Waals surface area contributed by atoms with Gasteiger partial charge in [0.15, 0.2) is 0 Å². The molecule has 0 unspecified atom stereocenters. The van der Waals surface area contributed by atoms with Gasteiger partial charge in [-0.25, -0.2) is 0 Å². The van der Waals surface area contributed by atoms with Gasteiger partial charge in [-0.05, 0) is 47.5 Å². The number of nitrogens with zero attached hydrogens (tertiary/aromatic N) is 2. The Balaban J connectivity index is 1.63. The van der Waals surface area contributed by atoms with E-state index in [9.17, 15) is 9.59 Å². The van der Waals surface area contributed by atoms with Crippen LogP contribution in [0, 0.1) is 0 Å². The number of carbonyl (C=O) groups is 2. The summed E-state index contributed by atoms with van der Waals surface area (Å²) < 4.78 is 0. The lowest BCUT2D eigenvalue weighted by atomic mass is 10.1. The van der Waals surface area contributed by atoms with Gasteiger partial charge in [-0.15, -0.1) is 0 Å². The number of allylic oxidation sites excluding steroid dienone is 2. The second-order valence-corrected chi connectivity index (χ2v) is 5.49. The molecule has 0 aliphatic heterocycles. The molecule has 0 aliphatic carbocycles. The molecule has 0 aliphatic rings. The van der Waals surface area contributed by atoms with Gasteiger partial charge in [0.25, 0.3) is 0 Å². The van der Waals surface area contributed by atoms with Gasteiger partial charge in [0.05, 0.1) is 0 Å². The van der Waals surface area contributed by atoms with E-state index in [-0.39, 0.29) is 11.6 Å². The number of aromatic nitrogens is 2. The Labute approximate surface area is 151 Å². The van der Waals surface area contributed by atoms with Crippen LogP contribution >= 0.6 is 0 Å². The van der Waals surface area contributed by atoms with E-state index in [1.807, 2.05) is 24.3 Å². The summed E-state index contributed by atoms with van der Waals surface area (Å²) in [5, 5.41) is 0. The van der Waals surface area contributed by atoms with E-state index in [1.54, 1.807) is 60.9 Å². The lowest BCUT2D eigenvalue weighted by Gasteiger charge is -1.97. The predicted octanol–water partition coefficient (Wildman–Crippen LogP) is 4.27. The summed E-state index contributed by atoms with van der Waals surface area (Å²) in [6, 6.07) is 18.0. The molecule has 0 radical (unpaired) electrons. The van der Waals surface area contributed by atoms with Crippen molar-refractivity contribution in [2.75, 3.05) is 0 Å². The molecule has 4 nitrogen and oxygen atoms in total. The third kappa shape index (κ3) is 4.68. The van der Waals surface area contributed by atoms with Gasteiger partial charge in [-0.3, -0.25) is 19.6 Å². The van der Waals surface area contributed by atoms with Gasteiger partial charge in [-0.2, -0.15) is 0 Å². The summed E-state index contributed by atoms with van der Waals surface area (Å²) in [4.78, 5) is 32.0. The molecule has 0 fully saturated rings. The average Bonchev–Trinajstić information content (AvgIpc) is 2.72. The van der Waals surface area contributed by atoms with E-state index < -0.39 is 0 Å². The molecular weight excluding hydrogens is 324 g/mol. The Morgan fingerprint density at radius 1 is 0.615 bits per heavy atom. The molecule has 0 saturated carbocycles. The molecule has 2 heterocycles. The van der Waals surface area contributed by atoms with Crippen LogP contribution in [0.2, 0.25) is 0 Å². The highest BCUT2D eigenvalue weighted by Crippen LogP contribution is 2.09. The van der Waals surface area contributed by atoms with Crippen LogP contribution in [0.3, 0.4) is 0 Å². The van der Waals surface area contributed by atoms with Crippen molar-refractivity contribution in [1.29, 1.82) is 0 Å². The van der Waals surface area contributed by atoms with Crippen LogP contribution in [0.4, 0.5) is 0 Å². The van der Waals surface area contributed by atoms with E-state index in [2.05, 4.69) is 9.97 Å². The Kier molecular flexibility index (Phi) is 5.58. The summed E-state index contributed by atoms with van der Waals surface area (Å²) in [5.74, 6) is -0.286. The molecule has 4 heteroatoms. The molecule has 26 heavy (non-hydrogen) atoms. The number of ketones is 2.